The zero-order valence-corrected chi connectivity index (χ0v) is 17.9. The SMILES string of the molecule is CC(C)(CC(=O)c1ccc(-c2ccc(Nc3nc4ccccc4s3)cn2)cc1)C(=O)O. The summed E-state index contributed by atoms with van der Waals surface area (Å²) in [4.78, 5) is 32.7. The van der Waals surface area contributed by atoms with Crippen molar-refractivity contribution in [2.24, 2.45) is 5.41 Å². The molecule has 2 heterocycles. The Hall–Kier alpha value is -3.58. The van der Waals surface area contributed by atoms with Crippen molar-refractivity contribution in [3.63, 3.8) is 0 Å². The lowest BCUT2D eigenvalue weighted by Crippen LogP contribution is -2.26. The Kier molecular flexibility index (Phi) is 5.52. The number of aromatic nitrogens is 2. The highest BCUT2D eigenvalue weighted by atomic mass is 32.1. The highest BCUT2D eigenvalue weighted by Crippen LogP contribution is 2.29. The maximum Gasteiger partial charge on any atom is 0.309 e. The number of carbonyl (C=O) groups is 2. The van der Waals surface area contributed by atoms with Crippen LogP contribution in [0.1, 0.15) is 30.6 Å². The number of carbonyl (C=O) groups excluding carboxylic acids is 1. The van der Waals surface area contributed by atoms with Crippen molar-refractivity contribution in [3.05, 3.63) is 72.4 Å². The van der Waals surface area contributed by atoms with Crippen LogP contribution in [0.3, 0.4) is 0 Å². The molecule has 0 saturated carbocycles. The number of nitrogens with one attached hydrogen (secondary N) is 1. The Labute approximate surface area is 183 Å². The molecule has 156 valence electrons. The maximum atomic E-state index is 12.4. The number of Topliss-reactive ketones (excluding diaryl/α,β-unsaturated/α-hetero) is 1. The first-order valence-electron chi connectivity index (χ1n) is 9.77. The second kappa shape index (κ2) is 8.28. The van der Waals surface area contributed by atoms with Crippen molar-refractivity contribution in [3.8, 4) is 11.3 Å². The summed E-state index contributed by atoms with van der Waals surface area (Å²) in [6.45, 7) is 3.10. The summed E-state index contributed by atoms with van der Waals surface area (Å²) < 4.78 is 1.12. The summed E-state index contributed by atoms with van der Waals surface area (Å²) in [5, 5.41) is 13.3. The van der Waals surface area contributed by atoms with Gasteiger partial charge in [0.15, 0.2) is 10.9 Å². The molecule has 6 nitrogen and oxygen atoms in total. The maximum absolute atomic E-state index is 12.4. The van der Waals surface area contributed by atoms with Crippen molar-refractivity contribution in [2.75, 3.05) is 5.32 Å². The number of fused-ring (bicyclic) bond motifs is 1. The van der Waals surface area contributed by atoms with Gasteiger partial charge in [0.05, 0.1) is 33.2 Å². The van der Waals surface area contributed by atoms with Gasteiger partial charge in [0.25, 0.3) is 0 Å². The standard InChI is InChI=1S/C24H21N3O3S/c1-24(2,22(29)30)13-20(28)16-9-7-15(8-10-16)18-12-11-17(14-25-18)26-23-27-19-5-3-4-6-21(19)31-23/h3-12,14H,13H2,1-2H3,(H,26,27)(H,29,30). The molecule has 0 aliphatic carbocycles. The molecule has 2 aromatic heterocycles. The molecule has 0 unspecified atom stereocenters. The van der Waals surface area contributed by atoms with Crippen LogP contribution in [0.5, 0.6) is 0 Å². The predicted octanol–water partition coefficient (Wildman–Crippen LogP) is 5.79. The van der Waals surface area contributed by atoms with Crippen LogP contribution < -0.4 is 5.32 Å². The number of carboxylic acids is 1. The molecule has 0 atom stereocenters. The summed E-state index contributed by atoms with van der Waals surface area (Å²) in [6, 6.07) is 18.9. The van der Waals surface area contributed by atoms with Crippen molar-refractivity contribution >= 4 is 44.1 Å². The van der Waals surface area contributed by atoms with Gasteiger partial charge >= 0.3 is 5.97 Å². The minimum absolute atomic E-state index is 0.0495. The van der Waals surface area contributed by atoms with Gasteiger partial charge in [-0.3, -0.25) is 14.6 Å². The number of ketones is 1. The van der Waals surface area contributed by atoms with Crippen LogP contribution in [0.25, 0.3) is 21.5 Å². The first-order chi connectivity index (χ1) is 14.8. The number of thiazole rings is 1. The largest absolute Gasteiger partial charge is 0.481 e. The minimum Gasteiger partial charge on any atom is -0.481 e. The zero-order valence-electron chi connectivity index (χ0n) is 17.1. The third-order valence-corrected chi connectivity index (χ3v) is 5.94. The van der Waals surface area contributed by atoms with Crippen LogP contribution in [0.4, 0.5) is 10.8 Å². The van der Waals surface area contributed by atoms with Gasteiger partial charge in [0, 0.05) is 17.5 Å². The Morgan fingerprint density at radius 1 is 1.03 bits per heavy atom. The average Bonchev–Trinajstić information content (AvgIpc) is 3.16. The first-order valence-corrected chi connectivity index (χ1v) is 10.6. The molecular formula is C24H21N3O3S. The second-order valence-corrected chi connectivity index (χ2v) is 8.94. The Balaban J connectivity index is 1.45. The number of rotatable bonds is 7. The molecule has 4 aromatic rings. The fourth-order valence-electron chi connectivity index (χ4n) is 3.09. The summed E-state index contributed by atoms with van der Waals surface area (Å²) >= 11 is 1.58. The number of hydrogen-bond donors (Lipinski definition) is 2. The molecule has 31 heavy (non-hydrogen) atoms. The molecule has 7 heteroatoms. The number of anilines is 2. The van der Waals surface area contributed by atoms with Gasteiger partial charge in [0.2, 0.25) is 0 Å². The van der Waals surface area contributed by atoms with Crippen molar-refractivity contribution in [1.29, 1.82) is 0 Å². The Morgan fingerprint density at radius 2 is 1.77 bits per heavy atom. The van der Waals surface area contributed by atoms with Crippen LogP contribution in [0.15, 0.2) is 66.9 Å². The molecule has 0 spiro atoms. The molecule has 0 bridgehead atoms. The number of pyridine rings is 1. The van der Waals surface area contributed by atoms with Crippen molar-refractivity contribution in [1.82, 2.24) is 9.97 Å². The van der Waals surface area contributed by atoms with Gasteiger partial charge in [-0.1, -0.05) is 47.7 Å². The van der Waals surface area contributed by atoms with E-state index in [0.717, 1.165) is 32.3 Å². The third kappa shape index (κ3) is 4.62. The predicted molar refractivity (Wildman–Crippen MR) is 123 cm³/mol. The minimum atomic E-state index is -1.09. The van der Waals surface area contributed by atoms with E-state index < -0.39 is 11.4 Å². The van der Waals surface area contributed by atoms with E-state index in [1.54, 1.807) is 43.5 Å². The van der Waals surface area contributed by atoms with E-state index in [-0.39, 0.29) is 12.2 Å². The van der Waals surface area contributed by atoms with Gasteiger partial charge in [-0.15, -0.1) is 0 Å². The zero-order chi connectivity index (χ0) is 22.0. The monoisotopic (exact) mass is 431 g/mol. The number of aliphatic carboxylic acids is 1. The molecule has 0 saturated heterocycles. The van der Waals surface area contributed by atoms with Crippen LogP contribution >= 0.6 is 11.3 Å². The van der Waals surface area contributed by atoms with Gasteiger partial charge in [0.1, 0.15) is 0 Å². The van der Waals surface area contributed by atoms with Crippen LogP contribution in [0.2, 0.25) is 0 Å². The van der Waals surface area contributed by atoms with Crippen molar-refractivity contribution in [2.45, 2.75) is 20.3 Å². The number of hydrogen-bond acceptors (Lipinski definition) is 6. The smallest absolute Gasteiger partial charge is 0.309 e. The second-order valence-electron chi connectivity index (χ2n) is 7.91. The Morgan fingerprint density at radius 3 is 2.42 bits per heavy atom. The molecule has 0 aliphatic rings. The van der Waals surface area contributed by atoms with Crippen LogP contribution in [0, 0.1) is 5.41 Å². The fourth-order valence-corrected chi connectivity index (χ4v) is 3.98. The van der Waals surface area contributed by atoms with Gasteiger partial charge in [-0.05, 0) is 38.1 Å². The summed E-state index contributed by atoms with van der Waals surface area (Å²) in [5.74, 6) is -1.18. The summed E-state index contributed by atoms with van der Waals surface area (Å²) in [7, 11) is 0. The molecule has 4 rings (SSSR count). The lowest BCUT2D eigenvalue weighted by molar-refractivity contribution is -0.146. The average molecular weight is 432 g/mol. The molecule has 0 aliphatic heterocycles. The third-order valence-electron chi connectivity index (χ3n) is 4.99. The highest BCUT2D eigenvalue weighted by molar-refractivity contribution is 7.22. The molecule has 2 N–H and O–H groups in total. The number of nitrogens with zero attached hydrogens (tertiary/aromatic N) is 2. The number of para-hydroxylation sites is 1. The first kappa shape index (κ1) is 20.7. The summed E-state index contributed by atoms with van der Waals surface area (Å²) in [6.07, 6.45) is 1.70. The van der Waals surface area contributed by atoms with Crippen molar-refractivity contribution < 1.29 is 14.7 Å². The van der Waals surface area contributed by atoms with E-state index in [1.165, 1.54) is 0 Å². The highest BCUT2D eigenvalue weighted by Gasteiger charge is 2.30. The molecular weight excluding hydrogens is 410 g/mol. The van der Waals surface area contributed by atoms with Gasteiger partial charge < -0.3 is 10.4 Å². The van der Waals surface area contributed by atoms with Gasteiger partial charge in [-0.2, -0.15) is 0 Å². The van der Waals surface area contributed by atoms with E-state index in [1.807, 2.05) is 48.5 Å². The molecule has 0 fully saturated rings. The normalized spacial score (nSPS) is 11.4. The van der Waals surface area contributed by atoms with E-state index in [0.29, 0.717) is 5.56 Å². The number of benzene rings is 2. The molecule has 0 radical (unpaired) electrons. The van der Waals surface area contributed by atoms with Crippen LogP contribution in [-0.4, -0.2) is 26.8 Å². The quantitative estimate of drug-likeness (QED) is 0.360. The van der Waals surface area contributed by atoms with E-state index in [2.05, 4.69) is 15.3 Å². The van der Waals surface area contributed by atoms with Gasteiger partial charge in [-0.25, -0.2) is 4.98 Å². The van der Waals surface area contributed by atoms with E-state index >= 15 is 0 Å². The molecule has 2 aromatic carbocycles. The van der Waals surface area contributed by atoms with Crippen LogP contribution in [-0.2, 0) is 4.79 Å². The topological polar surface area (TPSA) is 92.2 Å². The lowest BCUT2D eigenvalue weighted by Gasteiger charge is -2.17. The fraction of sp³-hybridized carbons (Fsp3) is 0.167. The lowest BCUT2D eigenvalue weighted by atomic mass is 9.85. The molecule has 0 amide bonds. The number of carboxylic acid groups (broad SMARTS) is 1. The summed E-state index contributed by atoms with van der Waals surface area (Å²) in [5.41, 5.74) is 2.85. The van der Waals surface area contributed by atoms with E-state index in [4.69, 9.17) is 0 Å². The van der Waals surface area contributed by atoms with E-state index in [9.17, 15) is 14.7 Å². The Bertz CT molecular complexity index is 1210.